The van der Waals surface area contributed by atoms with Crippen LogP contribution in [0.4, 0.5) is 4.39 Å². The van der Waals surface area contributed by atoms with E-state index in [0.717, 1.165) is 0 Å². The normalized spacial score (nSPS) is 16.4. The summed E-state index contributed by atoms with van der Waals surface area (Å²) in [5.74, 6) is 0.132. The molecule has 3 aliphatic heterocycles. The summed E-state index contributed by atoms with van der Waals surface area (Å²) in [6, 6.07) is 20.8. The molecule has 1 fully saturated rings. The second-order valence-electron chi connectivity index (χ2n) is 11.1. The highest BCUT2D eigenvalue weighted by molar-refractivity contribution is 5.95. The lowest BCUT2D eigenvalue weighted by Crippen LogP contribution is -2.58. The molecule has 7 rings (SSSR count). The van der Waals surface area contributed by atoms with E-state index in [4.69, 9.17) is 18.9 Å². The molecule has 1 aromatic heterocycles. The van der Waals surface area contributed by atoms with Gasteiger partial charge in [0.2, 0.25) is 0 Å². The fourth-order valence-corrected chi connectivity index (χ4v) is 5.51. The van der Waals surface area contributed by atoms with Gasteiger partial charge in [-0.05, 0) is 72.3 Å². The summed E-state index contributed by atoms with van der Waals surface area (Å²) in [5.41, 5.74) is -0.238. The number of piperidine rings is 1. The Hall–Kier alpha value is -5.65. The highest BCUT2D eigenvalue weighted by atomic mass is 19.1. The number of nitrogens with zero attached hydrogens (tertiary/aromatic N) is 2. The molecule has 47 heavy (non-hydrogen) atoms. The molecule has 0 unspecified atom stereocenters. The van der Waals surface area contributed by atoms with Crippen molar-refractivity contribution in [3.63, 3.8) is 0 Å². The van der Waals surface area contributed by atoms with Crippen molar-refractivity contribution in [1.29, 1.82) is 0 Å². The molecule has 11 nitrogen and oxygen atoms in total. The number of benzene rings is 3. The zero-order valence-electron chi connectivity index (χ0n) is 25.7. The SMILES string of the molecule is COc1ccc2cc1Oc1cc(F)cc(c1)CNC(=O)C1(CCN(C(=O)c3ccccn3)CC1)Oc1ccc(cc1)OCCNC2=O. The van der Waals surface area contributed by atoms with E-state index in [2.05, 4.69) is 15.6 Å². The number of aromatic nitrogens is 1. The Kier molecular flexibility index (Phi) is 9.18. The van der Waals surface area contributed by atoms with Crippen LogP contribution >= 0.6 is 0 Å². The number of fused-ring (bicyclic) bond motifs is 8. The lowest BCUT2D eigenvalue weighted by molar-refractivity contribution is -0.141. The van der Waals surface area contributed by atoms with Gasteiger partial charge >= 0.3 is 0 Å². The van der Waals surface area contributed by atoms with Crippen molar-refractivity contribution in [1.82, 2.24) is 20.5 Å². The highest BCUT2D eigenvalue weighted by Crippen LogP contribution is 2.34. The summed E-state index contributed by atoms with van der Waals surface area (Å²) in [5, 5.41) is 5.71. The van der Waals surface area contributed by atoms with E-state index >= 15 is 0 Å². The molecule has 2 N–H and O–H groups in total. The summed E-state index contributed by atoms with van der Waals surface area (Å²) in [6.45, 7) is 0.914. The summed E-state index contributed by atoms with van der Waals surface area (Å²) in [7, 11) is 1.46. The second kappa shape index (κ2) is 13.8. The van der Waals surface area contributed by atoms with Crippen LogP contribution in [0.5, 0.6) is 28.7 Å². The third-order valence-corrected chi connectivity index (χ3v) is 7.99. The first kappa shape index (κ1) is 31.3. The fraction of sp³-hybridized carbons (Fsp3) is 0.257. The summed E-state index contributed by atoms with van der Waals surface area (Å²) in [4.78, 5) is 45.7. The van der Waals surface area contributed by atoms with Crippen LogP contribution in [0.3, 0.4) is 0 Å². The number of rotatable bonds is 2. The molecule has 3 aromatic carbocycles. The van der Waals surface area contributed by atoms with Gasteiger partial charge in [0, 0.05) is 50.3 Å². The van der Waals surface area contributed by atoms with E-state index in [9.17, 15) is 18.8 Å². The van der Waals surface area contributed by atoms with Crippen LogP contribution in [-0.4, -0.2) is 66.6 Å². The Morgan fingerprint density at radius 3 is 2.47 bits per heavy atom. The third-order valence-electron chi connectivity index (χ3n) is 7.99. The standard InChI is InChI=1S/C35H33FN4O7/c1-44-30-10-5-24-20-31(30)46-28-19-23(18-25(36)21-28)22-39-34(43)35(11-15-40(16-12-35)33(42)29-4-2-3-13-37-29)47-27-8-6-26(7-9-27)45-17-14-38-32(24)41/h2-10,13,18-21H,11-12,14-17,22H2,1H3,(H,38,41)(H,39,43). The van der Waals surface area contributed by atoms with Gasteiger partial charge in [0.15, 0.2) is 17.1 Å². The zero-order valence-corrected chi connectivity index (χ0v) is 25.7. The van der Waals surface area contributed by atoms with Crippen LogP contribution in [0, 0.1) is 5.82 Å². The Bertz CT molecular complexity index is 1760. The topological polar surface area (TPSA) is 128 Å². The lowest BCUT2D eigenvalue weighted by Gasteiger charge is -2.40. The minimum atomic E-state index is -1.31. The number of halogens is 1. The quantitative estimate of drug-likeness (QED) is 0.328. The summed E-state index contributed by atoms with van der Waals surface area (Å²) in [6.07, 6.45) is 1.98. The van der Waals surface area contributed by atoms with Gasteiger partial charge in [-0.2, -0.15) is 0 Å². The fourth-order valence-electron chi connectivity index (χ4n) is 5.51. The maximum absolute atomic E-state index is 14.8. The van der Waals surface area contributed by atoms with Crippen LogP contribution in [0.25, 0.3) is 0 Å². The molecule has 12 heteroatoms. The van der Waals surface area contributed by atoms with Crippen LogP contribution in [-0.2, 0) is 11.3 Å². The van der Waals surface area contributed by atoms with Crippen molar-refractivity contribution < 1.29 is 37.7 Å². The number of hydrogen-bond donors (Lipinski definition) is 2. The van der Waals surface area contributed by atoms with Gasteiger partial charge in [-0.25, -0.2) is 4.39 Å². The van der Waals surface area contributed by atoms with E-state index in [1.165, 1.54) is 25.3 Å². The molecule has 0 aliphatic carbocycles. The first-order valence-corrected chi connectivity index (χ1v) is 15.2. The first-order valence-electron chi connectivity index (χ1n) is 15.2. The van der Waals surface area contributed by atoms with E-state index in [1.54, 1.807) is 71.8 Å². The van der Waals surface area contributed by atoms with Crippen LogP contribution in [0.1, 0.15) is 39.3 Å². The van der Waals surface area contributed by atoms with Gasteiger partial charge in [0.25, 0.3) is 17.7 Å². The number of ether oxygens (including phenoxy) is 4. The molecule has 0 saturated carbocycles. The van der Waals surface area contributed by atoms with E-state index in [0.29, 0.717) is 34.1 Å². The maximum atomic E-state index is 14.8. The summed E-state index contributed by atoms with van der Waals surface area (Å²) < 4.78 is 38.4. The zero-order chi connectivity index (χ0) is 32.8. The van der Waals surface area contributed by atoms with Gasteiger partial charge in [-0.3, -0.25) is 19.4 Å². The smallest absolute Gasteiger partial charge is 0.272 e. The highest BCUT2D eigenvalue weighted by Gasteiger charge is 2.45. The monoisotopic (exact) mass is 640 g/mol. The number of nitrogens with one attached hydrogen (secondary N) is 2. The Morgan fingerprint density at radius 2 is 1.72 bits per heavy atom. The van der Waals surface area contributed by atoms with Crippen molar-refractivity contribution in [2.75, 3.05) is 33.4 Å². The molecule has 1 saturated heterocycles. The number of likely N-dealkylation sites (tertiary alicyclic amines) is 1. The van der Waals surface area contributed by atoms with Crippen molar-refractivity contribution in [3.8, 4) is 28.7 Å². The van der Waals surface area contributed by atoms with E-state index in [-0.39, 0.29) is 68.9 Å². The maximum Gasteiger partial charge on any atom is 0.272 e. The first-order chi connectivity index (χ1) is 22.8. The predicted octanol–water partition coefficient (Wildman–Crippen LogP) is 4.51. The minimum Gasteiger partial charge on any atom is -0.493 e. The van der Waals surface area contributed by atoms with Crippen molar-refractivity contribution in [2.24, 2.45) is 0 Å². The predicted molar refractivity (Wildman–Crippen MR) is 168 cm³/mol. The van der Waals surface area contributed by atoms with E-state index in [1.807, 2.05) is 0 Å². The van der Waals surface area contributed by atoms with Crippen LogP contribution in [0.2, 0.25) is 0 Å². The Balaban J connectivity index is 1.28. The molecule has 242 valence electrons. The van der Waals surface area contributed by atoms with E-state index < -0.39 is 17.3 Å². The average Bonchev–Trinajstić information content (AvgIpc) is 3.09. The number of methoxy groups -OCH3 is 1. The average molecular weight is 641 g/mol. The third kappa shape index (κ3) is 7.27. The molecule has 3 amide bonds. The van der Waals surface area contributed by atoms with Crippen LogP contribution in [0.15, 0.2) is 85.1 Å². The van der Waals surface area contributed by atoms with Gasteiger partial charge < -0.3 is 34.5 Å². The van der Waals surface area contributed by atoms with Crippen molar-refractivity contribution in [3.05, 3.63) is 108 Å². The van der Waals surface area contributed by atoms with Gasteiger partial charge in [-0.1, -0.05) is 6.07 Å². The summed E-state index contributed by atoms with van der Waals surface area (Å²) >= 11 is 0. The van der Waals surface area contributed by atoms with Crippen molar-refractivity contribution in [2.45, 2.75) is 25.0 Å². The number of amides is 3. The number of pyridine rings is 1. The largest absolute Gasteiger partial charge is 0.493 e. The van der Waals surface area contributed by atoms with Gasteiger partial charge in [0.05, 0.1) is 13.7 Å². The second-order valence-corrected chi connectivity index (χ2v) is 11.1. The molecule has 0 atom stereocenters. The molecule has 1 spiro atoms. The lowest BCUT2D eigenvalue weighted by atomic mass is 9.89. The molecular weight excluding hydrogens is 607 g/mol. The molecule has 6 bridgehead atoms. The number of carbonyl (C=O) groups is 3. The van der Waals surface area contributed by atoms with Crippen LogP contribution < -0.4 is 29.6 Å². The Morgan fingerprint density at radius 1 is 0.936 bits per heavy atom. The van der Waals surface area contributed by atoms with Crippen molar-refractivity contribution >= 4 is 17.7 Å². The van der Waals surface area contributed by atoms with Gasteiger partial charge in [-0.15, -0.1) is 0 Å². The molecule has 3 aliphatic rings. The molecule has 0 radical (unpaired) electrons. The number of hydrogen-bond acceptors (Lipinski definition) is 8. The molecule has 4 aromatic rings. The Labute approximate surface area is 270 Å². The minimum absolute atomic E-state index is 0.0268. The molecular formula is C35H33FN4O7. The number of carbonyl (C=O) groups excluding carboxylic acids is 3. The molecule has 4 heterocycles. The van der Waals surface area contributed by atoms with Gasteiger partial charge in [0.1, 0.15) is 35.4 Å².